The molecule has 0 unspecified atom stereocenters. The second kappa shape index (κ2) is 9.72. The van der Waals surface area contributed by atoms with E-state index in [9.17, 15) is 9.59 Å². The maximum Gasteiger partial charge on any atom is 0.247 e. The minimum Gasteiger partial charge on any atom is -0.331 e. The topological polar surface area (TPSA) is 93.0 Å². The number of nitrogens with one attached hydrogen (secondary N) is 1. The van der Waals surface area contributed by atoms with E-state index < -0.39 is 6.04 Å². The molecule has 2 amide bonds. The molecule has 32 heavy (non-hydrogen) atoms. The van der Waals surface area contributed by atoms with E-state index in [0.717, 1.165) is 35.6 Å². The van der Waals surface area contributed by atoms with Crippen molar-refractivity contribution in [1.29, 1.82) is 0 Å². The number of hydrogen-bond acceptors (Lipinski definition) is 5. The van der Waals surface area contributed by atoms with E-state index in [1.165, 1.54) is 0 Å². The van der Waals surface area contributed by atoms with Crippen LogP contribution in [0.3, 0.4) is 0 Å². The van der Waals surface area contributed by atoms with Gasteiger partial charge in [0.05, 0.1) is 17.1 Å². The summed E-state index contributed by atoms with van der Waals surface area (Å²) in [4.78, 5) is 35.9. The molecule has 1 saturated heterocycles. The van der Waals surface area contributed by atoms with Crippen molar-refractivity contribution < 1.29 is 9.59 Å². The van der Waals surface area contributed by atoms with Gasteiger partial charge in [-0.15, -0.1) is 0 Å². The molecule has 1 atom stereocenters. The van der Waals surface area contributed by atoms with Crippen molar-refractivity contribution in [3.63, 3.8) is 0 Å². The summed E-state index contributed by atoms with van der Waals surface area (Å²) in [5, 5.41) is 7.47. The van der Waals surface area contributed by atoms with Crippen molar-refractivity contribution in [3.05, 3.63) is 66.0 Å². The Morgan fingerprint density at radius 3 is 2.62 bits per heavy atom. The van der Waals surface area contributed by atoms with Crippen LogP contribution in [0.1, 0.15) is 42.8 Å². The number of aryl methyl sites for hydroxylation is 3. The van der Waals surface area contributed by atoms with Gasteiger partial charge >= 0.3 is 0 Å². The summed E-state index contributed by atoms with van der Waals surface area (Å²) in [5.41, 5.74) is 4.44. The van der Waals surface area contributed by atoms with Crippen LogP contribution in [0, 0.1) is 13.8 Å². The number of carbonyl (C=O) groups excluding carboxylic acids is 2. The van der Waals surface area contributed by atoms with Crippen LogP contribution in [0.4, 0.5) is 5.69 Å². The van der Waals surface area contributed by atoms with Gasteiger partial charge < -0.3 is 10.2 Å². The average molecular weight is 433 g/mol. The zero-order valence-electron chi connectivity index (χ0n) is 18.5. The van der Waals surface area contributed by atoms with E-state index in [-0.39, 0.29) is 11.8 Å². The molecule has 1 aromatic carbocycles. The Kier molecular flexibility index (Phi) is 6.58. The molecule has 0 spiro atoms. The first-order valence-corrected chi connectivity index (χ1v) is 11.0. The lowest BCUT2D eigenvalue weighted by atomic mass is 10.00. The molecule has 1 N–H and O–H groups in total. The SMILES string of the molecule is Cc1cc(C)n(-c2ccc(NC(=O)[C@@H]3CCCCN3C(=O)CCc3cnccn3)cc2)n1. The highest BCUT2D eigenvalue weighted by Crippen LogP contribution is 2.21. The Labute approximate surface area is 187 Å². The van der Waals surface area contributed by atoms with Crippen LogP contribution in [0.15, 0.2) is 48.9 Å². The number of hydrogen-bond donors (Lipinski definition) is 1. The van der Waals surface area contributed by atoms with Crippen molar-refractivity contribution in [2.45, 2.75) is 52.0 Å². The molecule has 0 saturated carbocycles. The molecule has 3 aromatic rings. The zero-order valence-corrected chi connectivity index (χ0v) is 18.5. The van der Waals surface area contributed by atoms with Crippen LogP contribution >= 0.6 is 0 Å². The Morgan fingerprint density at radius 1 is 1.12 bits per heavy atom. The first-order chi connectivity index (χ1) is 15.5. The number of amides is 2. The molecule has 3 heterocycles. The molecule has 0 aliphatic carbocycles. The number of piperidine rings is 1. The fourth-order valence-electron chi connectivity index (χ4n) is 4.14. The van der Waals surface area contributed by atoms with Gasteiger partial charge in [0.1, 0.15) is 6.04 Å². The molecular formula is C24H28N6O2. The van der Waals surface area contributed by atoms with Crippen molar-refractivity contribution in [2.24, 2.45) is 0 Å². The van der Waals surface area contributed by atoms with Gasteiger partial charge in [-0.1, -0.05) is 0 Å². The first kappa shape index (κ1) is 21.7. The Hall–Kier alpha value is -3.55. The highest BCUT2D eigenvalue weighted by Gasteiger charge is 2.31. The van der Waals surface area contributed by atoms with Crippen LogP contribution in [0.2, 0.25) is 0 Å². The molecule has 4 rings (SSSR count). The second-order valence-electron chi connectivity index (χ2n) is 8.17. The average Bonchev–Trinajstić information content (AvgIpc) is 3.16. The third-order valence-electron chi connectivity index (χ3n) is 5.73. The highest BCUT2D eigenvalue weighted by atomic mass is 16.2. The lowest BCUT2D eigenvalue weighted by Crippen LogP contribution is -2.50. The second-order valence-corrected chi connectivity index (χ2v) is 8.17. The number of nitrogens with zero attached hydrogens (tertiary/aromatic N) is 5. The first-order valence-electron chi connectivity index (χ1n) is 11.0. The fraction of sp³-hybridized carbons (Fsp3) is 0.375. The molecule has 0 radical (unpaired) electrons. The molecule has 2 aromatic heterocycles. The van der Waals surface area contributed by atoms with Gasteiger partial charge in [0.25, 0.3) is 0 Å². The lowest BCUT2D eigenvalue weighted by Gasteiger charge is -2.34. The summed E-state index contributed by atoms with van der Waals surface area (Å²) in [7, 11) is 0. The van der Waals surface area contributed by atoms with Crippen LogP contribution in [0.25, 0.3) is 5.69 Å². The third-order valence-corrected chi connectivity index (χ3v) is 5.73. The van der Waals surface area contributed by atoms with Crippen LogP contribution in [-0.2, 0) is 16.0 Å². The summed E-state index contributed by atoms with van der Waals surface area (Å²) < 4.78 is 1.87. The molecule has 8 nitrogen and oxygen atoms in total. The van der Waals surface area contributed by atoms with Crippen LogP contribution in [-0.4, -0.2) is 49.0 Å². The number of anilines is 1. The molecule has 1 aliphatic heterocycles. The monoisotopic (exact) mass is 432 g/mol. The third kappa shape index (κ3) is 5.01. The summed E-state index contributed by atoms with van der Waals surface area (Å²) in [5.74, 6) is -0.160. The normalized spacial score (nSPS) is 16.1. The summed E-state index contributed by atoms with van der Waals surface area (Å²) >= 11 is 0. The van der Waals surface area contributed by atoms with Crippen LogP contribution in [0.5, 0.6) is 0 Å². The van der Waals surface area contributed by atoms with E-state index in [2.05, 4.69) is 20.4 Å². The van der Waals surface area contributed by atoms with E-state index in [1.807, 2.05) is 48.9 Å². The molecule has 1 fully saturated rings. The molecular weight excluding hydrogens is 404 g/mol. The number of carbonyl (C=O) groups is 2. The Bertz CT molecular complexity index is 1080. The standard InChI is InChI=1S/C24H28N6O2/c1-17-15-18(2)30(28-17)21-9-6-19(7-10-21)27-24(32)22-5-3-4-14-29(22)23(31)11-8-20-16-25-12-13-26-20/h6-7,9-10,12-13,15-16,22H,3-5,8,11,14H2,1-2H3,(H,27,32)/t22-/m0/s1. The molecule has 166 valence electrons. The Morgan fingerprint density at radius 2 is 1.94 bits per heavy atom. The van der Waals surface area contributed by atoms with Crippen molar-refractivity contribution in [1.82, 2.24) is 24.6 Å². The Balaban J connectivity index is 1.39. The molecule has 1 aliphatic rings. The van der Waals surface area contributed by atoms with Crippen molar-refractivity contribution in [3.8, 4) is 5.69 Å². The fourth-order valence-corrected chi connectivity index (χ4v) is 4.14. The smallest absolute Gasteiger partial charge is 0.247 e. The van der Waals surface area contributed by atoms with Crippen molar-refractivity contribution >= 4 is 17.5 Å². The van der Waals surface area contributed by atoms with E-state index in [1.54, 1.807) is 23.5 Å². The highest BCUT2D eigenvalue weighted by molar-refractivity contribution is 5.97. The van der Waals surface area contributed by atoms with Gasteiger partial charge in [-0.2, -0.15) is 5.10 Å². The van der Waals surface area contributed by atoms with Gasteiger partial charge in [0.15, 0.2) is 0 Å². The zero-order chi connectivity index (χ0) is 22.5. The van der Waals surface area contributed by atoms with Gasteiger partial charge in [-0.25, -0.2) is 4.68 Å². The summed E-state index contributed by atoms with van der Waals surface area (Å²) in [6.07, 6.45) is 8.26. The van der Waals surface area contributed by atoms with Gasteiger partial charge in [0.2, 0.25) is 11.8 Å². The van der Waals surface area contributed by atoms with Crippen LogP contribution < -0.4 is 5.32 Å². The summed E-state index contributed by atoms with van der Waals surface area (Å²) in [6.45, 7) is 4.57. The van der Waals surface area contributed by atoms with Gasteiger partial charge in [-0.05, 0) is 69.9 Å². The maximum absolute atomic E-state index is 13.0. The van der Waals surface area contributed by atoms with E-state index in [0.29, 0.717) is 31.5 Å². The lowest BCUT2D eigenvalue weighted by molar-refractivity contribution is -0.140. The quantitative estimate of drug-likeness (QED) is 0.646. The predicted octanol–water partition coefficient (Wildman–Crippen LogP) is 3.23. The minimum absolute atomic E-state index is 0.0182. The van der Waals surface area contributed by atoms with Gasteiger partial charge in [0, 0.05) is 42.9 Å². The number of likely N-dealkylation sites (tertiary alicyclic amines) is 1. The predicted molar refractivity (Wildman–Crippen MR) is 121 cm³/mol. The molecule has 0 bridgehead atoms. The summed E-state index contributed by atoms with van der Waals surface area (Å²) in [6, 6.07) is 9.17. The van der Waals surface area contributed by atoms with E-state index in [4.69, 9.17) is 0 Å². The largest absolute Gasteiger partial charge is 0.331 e. The number of benzene rings is 1. The number of rotatable bonds is 6. The van der Waals surface area contributed by atoms with E-state index >= 15 is 0 Å². The van der Waals surface area contributed by atoms with Gasteiger partial charge in [-0.3, -0.25) is 19.6 Å². The maximum atomic E-state index is 13.0. The molecule has 8 heteroatoms. The number of aromatic nitrogens is 4. The minimum atomic E-state index is -0.450. The van der Waals surface area contributed by atoms with Crippen molar-refractivity contribution in [2.75, 3.05) is 11.9 Å².